The summed E-state index contributed by atoms with van der Waals surface area (Å²) >= 11 is 0. The number of carbonyl (C=O) groups is 1. The van der Waals surface area contributed by atoms with Crippen LogP contribution < -0.4 is 10.1 Å². The molecule has 4 heteroatoms. The van der Waals surface area contributed by atoms with Crippen LogP contribution in [0, 0.1) is 0 Å². The highest BCUT2D eigenvalue weighted by molar-refractivity contribution is 5.96. The summed E-state index contributed by atoms with van der Waals surface area (Å²) in [6, 6.07) is 8.29. The lowest BCUT2D eigenvalue weighted by molar-refractivity contribution is 0.0910. The molecule has 0 bridgehead atoms. The van der Waals surface area contributed by atoms with Crippen LogP contribution in [0.5, 0.6) is 5.75 Å². The van der Waals surface area contributed by atoms with Crippen LogP contribution in [0.3, 0.4) is 0 Å². The van der Waals surface area contributed by atoms with Crippen LogP contribution in [-0.2, 0) is 0 Å². The highest BCUT2D eigenvalue weighted by atomic mass is 16.5. The minimum absolute atomic E-state index is 0.0185. The zero-order valence-corrected chi connectivity index (χ0v) is 14.8. The summed E-state index contributed by atoms with van der Waals surface area (Å²) in [6.07, 6.45) is 8.84. The number of para-hydroxylation sites is 1. The van der Waals surface area contributed by atoms with E-state index in [1.807, 2.05) is 24.3 Å². The third-order valence-electron chi connectivity index (χ3n) is 5.38. The van der Waals surface area contributed by atoms with E-state index in [1.54, 1.807) is 0 Å². The number of piperidine rings is 1. The predicted molar refractivity (Wildman–Crippen MR) is 96.5 cm³/mol. The number of nitrogens with zero attached hydrogens (tertiary/aromatic N) is 1. The van der Waals surface area contributed by atoms with Crippen LogP contribution in [0.15, 0.2) is 24.3 Å². The maximum atomic E-state index is 12.5. The van der Waals surface area contributed by atoms with Gasteiger partial charge in [0.1, 0.15) is 5.75 Å². The molecule has 1 saturated carbocycles. The van der Waals surface area contributed by atoms with Crippen LogP contribution in [0.1, 0.15) is 62.2 Å². The number of likely N-dealkylation sites (tertiary alicyclic amines) is 1. The number of hydrogen-bond acceptors (Lipinski definition) is 3. The van der Waals surface area contributed by atoms with Gasteiger partial charge in [0.2, 0.25) is 0 Å². The molecular formula is C20H30N2O2. The normalized spacial score (nSPS) is 22.0. The van der Waals surface area contributed by atoms with Crippen molar-refractivity contribution in [1.82, 2.24) is 10.2 Å². The van der Waals surface area contributed by atoms with Gasteiger partial charge in [-0.2, -0.15) is 0 Å². The van der Waals surface area contributed by atoms with Crippen molar-refractivity contribution < 1.29 is 9.53 Å². The Morgan fingerprint density at radius 2 is 2.04 bits per heavy atom. The molecule has 0 radical (unpaired) electrons. The first-order valence-electron chi connectivity index (χ1n) is 9.56. The lowest BCUT2D eigenvalue weighted by atomic mass is 9.96. The number of amides is 1. The van der Waals surface area contributed by atoms with Crippen molar-refractivity contribution in [2.75, 3.05) is 19.6 Å². The van der Waals surface area contributed by atoms with Gasteiger partial charge in [0.15, 0.2) is 0 Å². The van der Waals surface area contributed by atoms with Gasteiger partial charge in [-0.15, -0.1) is 0 Å². The maximum absolute atomic E-state index is 12.5. The molecule has 0 aromatic heterocycles. The summed E-state index contributed by atoms with van der Waals surface area (Å²) in [4.78, 5) is 15.1. The Morgan fingerprint density at radius 3 is 2.79 bits per heavy atom. The zero-order valence-electron chi connectivity index (χ0n) is 14.8. The molecule has 4 nitrogen and oxygen atoms in total. The van der Waals surface area contributed by atoms with Gasteiger partial charge in [-0.1, -0.05) is 25.5 Å². The summed E-state index contributed by atoms with van der Waals surface area (Å²) in [6.45, 7) is 5.06. The molecule has 1 N–H and O–H groups in total. The van der Waals surface area contributed by atoms with Crippen LogP contribution in [0.25, 0.3) is 0 Å². The van der Waals surface area contributed by atoms with E-state index in [0.29, 0.717) is 18.2 Å². The zero-order chi connectivity index (χ0) is 16.8. The molecule has 1 atom stereocenters. The monoisotopic (exact) mass is 330 g/mol. The highest BCUT2D eigenvalue weighted by Crippen LogP contribution is 2.27. The first-order valence-corrected chi connectivity index (χ1v) is 9.56. The van der Waals surface area contributed by atoms with Gasteiger partial charge >= 0.3 is 0 Å². The molecule has 132 valence electrons. The molecule has 1 aromatic rings. The first-order chi connectivity index (χ1) is 11.8. The minimum Gasteiger partial charge on any atom is -0.490 e. The molecule has 1 saturated heterocycles. The minimum atomic E-state index is -0.0185. The van der Waals surface area contributed by atoms with E-state index in [9.17, 15) is 4.79 Å². The lowest BCUT2D eigenvalue weighted by Gasteiger charge is -2.35. The van der Waals surface area contributed by atoms with Gasteiger partial charge in [0, 0.05) is 19.1 Å². The first kappa shape index (κ1) is 17.3. The van der Waals surface area contributed by atoms with E-state index < -0.39 is 0 Å². The SMILES string of the molecule is CCC1CCCCN1CCNC(=O)c1ccccc1OC1CCC1. The van der Waals surface area contributed by atoms with Crippen molar-refractivity contribution in [3.05, 3.63) is 29.8 Å². The number of ether oxygens (including phenoxy) is 1. The van der Waals surface area contributed by atoms with E-state index in [0.717, 1.165) is 31.7 Å². The average molecular weight is 330 g/mol. The van der Waals surface area contributed by atoms with Gasteiger partial charge in [-0.25, -0.2) is 0 Å². The third-order valence-corrected chi connectivity index (χ3v) is 5.38. The smallest absolute Gasteiger partial charge is 0.255 e. The number of nitrogens with one attached hydrogen (secondary N) is 1. The fourth-order valence-electron chi connectivity index (χ4n) is 3.65. The van der Waals surface area contributed by atoms with Crippen molar-refractivity contribution in [2.45, 2.75) is 64.0 Å². The van der Waals surface area contributed by atoms with Gasteiger partial charge in [0.05, 0.1) is 11.7 Å². The molecule has 1 heterocycles. The molecule has 2 fully saturated rings. The Kier molecular flexibility index (Phi) is 6.13. The Morgan fingerprint density at radius 1 is 1.21 bits per heavy atom. The number of carbonyl (C=O) groups excluding carboxylic acids is 1. The van der Waals surface area contributed by atoms with E-state index in [4.69, 9.17) is 4.74 Å². The van der Waals surface area contributed by atoms with Crippen molar-refractivity contribution in [1.29, 1.82) is 0 Å². The fourth-order valence-corrected chi connectivity index (χ4v) is 3.65. The van der Waals surface area contributed by atoms with Crippen molar-refractivity contribution in [2.24, 2.45) is 0 Å². The predicted octanol–water partition coefficient (Wildman–Crippen LogP) is 3.61. The molecule has 1 aromatic carbocycles. The van der Waals surface area contributed by atoms with Crippen LogP contribution >= 0.6 is 0 Å². The molecule has 24 heavy (non-hydrogen) atoms. The van der Waals surface area contributed by atoms with Crippen molar-refractivity contribution >= 4 is 5.91 Å². The average Bonchev–Trinajstić information content (AvgIpc) is 2.59. The molecule has 1 amide bonds. The maximum Gasteiger partial charge on any atom is 0.255 e. The Balaban J connectivity index is 1.51. The standard InChI is InChI=1S/C20H30N2O2/c1-2-16-8-5-6-14-22(16)15-13-21-20(23)18-11-3-4-12-19(18)24-17-9-7-10-17/h3-4,11-12,16-17H,2,5-10,13-15H2,1H3,(H,21,23). The van der Waals surface area contributed by atoms with E-state index in [2.05, 4.69) is 17.1 Å². The molecule has 1 unspecified atom stereocenters. The van der Waals surface area contributed by atoms with Crippen LogP contribution in [-0.4, -0.2) is 42.6 Å². The second kappa shape index (κ2) is 8.52. The highest BCUT2D eigenvalue weighted by Gasteiger charge is 2.23. The van der Waals surface area contributed by atoms with Gasteiger partial charge < -0.3 is 10.1 Å². The summed E-state index contributed by atoms with van der Waals surface area (Å²) in [7, 11) is 0. The summed E-state index contributed by atoms with van der Waals surface area (Å²) in [5, 5.41) is 3.08. The molecular weight excluding hydrogens is 300 g/mol. The summed E-state index contributed by atoms with van der Waals surface area (Å²) in [5.74, 6) is 0.707. The van der Waals surface area contributed by atoms with Gasteiger partial charge in [-0.05, 0) is 57.2 Å². The quantitative estimate of drug-likeness (QED) is 0.830. The largest absolute Gasteiger partial charge is 0.490 e. The molecule has 3 rings (SSSR count). The van der Waals surface area contributed by atoms with Crippen LogP contribution in [0.2, 0.25) is 0 Å². The Bertz CT molecular complexity index is 542. The second-order valence-electron chi connectivity index (χ2n) is 7.02. The molecule has 1 aliphatic heterocycles. The topological polar surface area (TPSA) is 41.6 Å². The summed E-state index contributed by atoms with van der Waals surface area (Å²) < 4.78 is 5.96. The van der Waals surface area contributed by atoms with Crippen LogP contribution in [0.4, 0.5) is 0 Å². The third kappa shape index (κ3) is 4.29. The van der Waals surface area contributed by atoms with E-state index in [1.165, 1.54) is 32.1 Å². The number of benzene rings is 1. The second-order valence-corrected chi connectivity index (χ2v) is 7.02. The molecule has 2 aliphatic rings. The van der Waals surface area contributed by atoms with Gasteiger partial charge in [0.25, 0.3) is 5.91 Å². The molecule has 0 spiro atoms. The summed E-state index contributed by atoms with van der Waals surface area (Å²) in [5.41, 5.74) is 0.662. The van der Waals surface area contributed by atoms with E-state index in [-0.39, 0.29) is 12.0 Å². The Hall–Kier alpha value is -1.55. The number of hydrogen-bond donors (Lipinski definition) is 1. The lowest BCUT2D eigenvalue weighted by Crippen LogP contribution is -2.43. The van der Waals surface area contributed by atoms with E-state index >= 15 is 0 Å². The fraction of sp³-hybridized carbons (Fsp3) is 0.650. The molecule has 1 aliphatic carbocycles. The van der Waals surface area contributed by atoms with Crippen molar-refractivity contribution in [3.8, 4) is 5.75 Å². The van der Waals surface area contributed by atoms with Crippen molar-refractivity contribution in [3.63, 3.8) is 0 Å². The number of rotatable bonds is 7. The Labute approximate surface area is 145 Å². The van der Waals surface area contributed by atoms with Gasteiger partial charge in [-0.3, -0.25) is 9.69 Å².